The number of nitrogen functional groups attached to an aromatic ring is 1. The van der Waals surface area contributed by atoms with E-state index in [2.05, 4.69) is 42.2 Å². The Morgan fingerprint density at radius 3 is 2.58 bits per heavy atom. The molecule has 1 aromatic carbocycles. The summed E-state index contributed by atoms with van der Waals surface area (Å²) in [5.41, 5.74) is 6.89. The fourth-order valence-corrected chi connectivity index (χ4v) is 2.79. The predicted molar refractivity (Wildman–Crippen MR) is 83.5 cm³/mol. The molecule has 0 aliphatic rings. The van der Waals surface area contributed by atoms with Gasteiger partial charge in [0.05, 0.1) is 23.1 Å². The molecule has 0 aliphatic heterocycles. The van der Waals surface area contributed by atoms with Crippen LogP contribution in [0.2, 0.25) is 5.15 Å². The number of carbonyl (C=O) groups is 1. The molecule has 19 heavy (non-hydrogen) atoms. The van der Waals surface area contributed by atoms with E-state index in [0.29, 0.717) is 5.69 Å². The number of aromatic nitrogens is 1. The molecule has 0 bridgehead atoms. The standard InChI is InChI=1S/C12H8Br2ClN3O/c13-7-2-1-3-8(14)11(7)18-12(19)6-4-10(15)17-5-9(6)16/h1-5H,16H2,(H,18,19). The van der Waals surface area contributed by atoms with Gasteiger partial charge in [-0.1, -0.05) is 17.7 Å². The molecular weight excluding hydrogens is 397 g/mol. The van der Waals surface area contributed by atoms with Crippen molar-refractivity contribution in [2.24, 2.45) is 0 Å². The van der Waals surface area contributed by atoms with Crippen LogP contribution in [0.4, 0.5) is 11.4 Å². The van der Waals surface area contributed by atoms with Gasteiger partial charge < -0.3 is 11.1 Å². The van der Waals surface area contributed by atoms with Crippen LogP contribution >= 0.6 is 43.5 Å². The minimum absolute atomic E-state index is 0.213. The number of pyridine rings is 1. The van der Waals surface area contributed by atoms with Crippen molar-refractivity contribution in [1.82, 2.24) is 4.98 Å². The molecule has 2 rings (SSSR count). The third-order valence-electron chi connectivity index (χ3n) is 2.35. The van der Waals surface area contributed by atoms with Gasteiger partial charge in [-0.25, -0.2) is 4.98 Å². The maximum Gasteiger partial charge on any atom is 0.257 e. The first kappa shape index (κ1) is 14.3. The highest BCUT2D eigenvalue weighted by Crippen LogP contribution is 2.31. The van der Waals surface area contributed by atoms with Gasteiger partial charge in [0.25, 0.3) is 5.91 Å². The van der Waals surface area contributed by atoms with Crippen LogP contribution in [0.5, 0.6) is 0 Å². The van der Waals surface area contributed by atoms with Crippen LogP contribution in [-0.4, -0.2) is 10.9 Å². The Bertz CT molecular complexity index is 629. The number of carbonyl (C=O) groups excluding carboxylic acids is 1. The van der Waals surface area contributed by atoms with Crippen LogP contribution in [0.3, 0.4) is 0 Å². The van der Waals surface area contributed by atoms with Gasteiger partial charge in [-0.2, -0.15) is 0 Å². The molecule has 0 saturated carbocycles. The number of nitrogens with one attached hydrogen (secondary N) is 1. The quantitative estimate of drug-likeness (QED) is 0.740. The minimum Gasteiger partial charge on any atom is -0.397 e. The van der Waals surface area contributed by atoms with Crippen molar-refractivity contribution in [3.8, 4) is 0 Å². The molecule has 4 nitrogen and oxygen atoms in total. The van der Waals surface area contributed by atoms with Gasteiger partial charge in [0, 0.05) is 8.95 Å². The number of para-hydroxylation sites is 1. The second-order valence-corrected chi connectivity index (χ2v) is 5.74. The lowest BCUT2D eigenvalue weighted by Crippen LogP contribution is -2.15. The summed E-state index contributed by atoms with van der Waals surface area (Å²) >= 11 is 12.5. The average molecular weight is 405 g/mol. The second kappa shape index (κ2) is 5.90. The summed E-state index contributed by atoms with van der Waals surface area (Å²) in [5.74, 6) is -0.352. The Balaban J connectivity index is 2.34. The van der Waals surface area contributed by atoms with E-state index in [-0.39, 0.29) is 22.3 Å². The lowest BCUT2D eigenvalue weighted by Gasteiger charge is -2.10. The van der Waals surface area contributed by atoms with E-state index >= 15 is 0 Å². The maximum atomic E-state index is 12.2. The molecule has 0 aliphatic carbocycles. The van der Waals surface area contributed by atoms with E-state index < -0.39 is 0 Å². The van der Waals surface area contributed by atoms with E-state index in [1.165, 1.54) is 12.3 Å². The summed E-state index contributed by atoms with van der Waals surface area (Å²) in [6.45, 7) is 0. The van der Waals surface area contributed by atoms with Gasteiger partial charge in [0.1, 0.15) is 5.15 Å². The maximum absolute atomic E-state index is 12.2. The Kier molecular flexibility index (Phi) is 4.44. The highest BCUT2D eigenvalue weighted by atomic mass is 79.9. The van der Waals surface area contributed by atoms with E-state index in [9.17, 15) is 4.79 Å². The molecule has 0 radical (unpaired) electrons. The average Bonchev–Trinajstić information content (AvgIpc) is 2.37. The van der Waals surface area contributed by atoms with Crippen molar-refractivity contribution in [1.29, 1.82) is 0 Å². The van der Waals surface area contributed by atoms with Crippen LogP contribution in [-0.2, 0) is 0 Å². The number of anilines is 2. The minimum atomic E-state index is -0.352. The number of hydrogen-bond donors (Lipinski definition) is 2. The van der Waals surface area contributed by atoms with Crippen molar-refractivity contribution in [3.63, 3.8) is 0 Å². The molecule has 0 atom stereocenters. The molecule has 3 N–H and O–H groups in total. The predicted octanol–water partition coefficient (Wildman–Crippen LogP) is 4.09. The largest absolute Gasteiger partial charge is 0.397 e. The molecule has 1 heterocycles. The Morgan fingerprint density at radius 1 is 1.32 bits per heavy atom. The first-order chi connectivity index (χ1) is 8.99. The van der Waals surface area contributed by atoms with Crippen LogP contribution in [0.15, 0.2) is 39.4 Å². The Hall–Kier alpha value is -1.11. The fraction of sp³-hybridized carbons (Fsp3) is 0. The Labute approximate surface area is 131 Å². The zero-order valence-electron chi connectivity index (χ0n) is 9.45. The summed E-state index contributed by atoms with van der Waals surface area (Å²) in [6, 6.07) is 6.92. The lowest BCUT2D eigenvalue weighted by atomic mass is 10.2. The number of amides is 1. The summed E-state index contributed by atoms with van der Waals surface area (Å²) < 4.78 is 1.52. The van der Waals surface area contributed by atoms with Crippen molar-refractivity contribution < 1.29 is 4.79 Å². The first-order valence-corrected chi connectivity index (χ1v) is 7.12. The third-order valence-corrected chi connectivity index (χ3v) is 3.88. The van der Waals surface area contributed by atoms with Gasteiger partial charge in [-0.15, -0.1) is 0 Å². The number of nitrogens with zero attached hydrogens (tertiary/aromatic N) is 1. The second-order valence-electron chi connectivity index (χ2n) is 3.65. The highest BCUT2D eigenvalue weighted by Gasteiger charge is 2.14. The van der Waals surface area contributed by atoms with Gasteiger partial charge >= 0.3 is 0 Å². The molecule has 0 saturated heterocycles. The van der Waals surface area contributed by atoms with Crippen LogP contribution < -0.4 is 11.1 Å². The monoisotopic (exact) mass is 403 g/mol. The zero-order valence-corrected chi connectivity index (χ0v) is 13.4. The molecule has 0 unspecified atom stereocenters. The van der Waals surface area contributed by atoms with Crippen molar-refractivity contribution in [2.45, 2.75) is 0 Å². The van der Waals surface area contributed by atoms with Crippen LogP contribution in [0.25, 0.3) is 0 Å². The van der Waals surface area contributed by atoms with Crippen molar-refractivity contribution >= 4 is 60.7 Å². The van der Waals surface area contributed by atoms with Crippen molar-refractivity contribution in [3.05, 3.63) is 50.1 Å². The molecule has 1 aromatic heterocycles. The van der Waals surface area contributed by atoms with E-state index in [1.807, 2.05) is 18.2 Å². The number of hydrogen-bond acceptors (Lipinski definition) is 3. The van der Waals surface area contributed by atoms with E-state index in [4.69, 9.17) is 17.3 Å². The molecule has 98 valence electrons. The SMILES string of the molecule is Nc1cnc(Cl)cc1C(=O)Nc1c(Br)cccc1Br. The van der Waals surface area contributed by atoms with Gasteiger partial charge in [0.15, 0.2) is 0 Å². The zero-order chi connectivity index (χ0) is 14.0. The fourth-order valence-electron chi connectivity index (χ4n) is 1.44. The number of benzene rings is 1. The topological polar surface area (TPSA) is 68.0 Å². The smallest absolute Gasteiger partial charge is 0.257 e. The molecule has 0 fully saturated rings. The van der Waals surface area contributed by atoms with E-state index in [1.54, 1.807) is 0 Å². The number of nitrogens with two attached hydrogens (primary N) is 1. The number of rotatable bonds is 2. The van der Waals surface area contributed by atoms with Gasteiger partial charge in [-0.05, 0) is 50.1 Å². The molecule has 7 heteroatoms. The van der Waals surface area contributed by atoms with Crippen molar-refractivity contribution in [2.75, 3.05) is 11.1 Å². The molecule has 2 aromatic rings. The summed E-state index contributed by atoms with van der Waals surface area (Å²) in [7, 11) is 0. The summed E-state index contributed by atoms with van der Waals surface area (Å²) in [6.07, 6.45) is 1.35. The first-order valence-electron chi connectivity index (χ1n) is 5.15. The van der Waals surface area contributed by atoms with Crippen LogP contribution in [0.1, 0.15) is 10.4 Å². The third kappa shape index (κ3) is 3.26. The van der Waals surface area contributed by atoms with E-state index in [0.717, 1.165) is 8.95 Å². The number of halogens is 3. The molecule has 0 spiro atoms. The summed E-state index contributed by atoms with van der Waals surface area (Å²) in [4.78, 5) is 16.0. The lowest BCUT2D eigenvalue weighted by molar-refractivity contribution is 0.102. The van der Waals surface area contributed by atoms with Gasteiger partial charge in [0.2, 0.25) is 0 Å². The molecule has 1 amide bonds. The summed E-state index contributed by atoms with van der Waals surface area (Å²) in [5, 5.41) is 2.98. The van der Waals surface area contributed by atoms with Gasteiger partial charge in [-0.3, -0.25) is 4.79 Å². The Morgan fingerprint density at radius 2 is 1.95 bits per heavy atom. The van der Waals surface area contributed by atoms with Crippen LogP contribution in [0, 0.1) is 0 Å². The normalized spacial score (nSPS) is 10.3. The molecular formula is C12H8Br2ClN3O. The highest BCUT2D eigenvalue weighted by molar-refractivity contribution is 9.11.